The normalized spacial score (nSPS) is 22.3. The molecule has 0 aliphatic heterocycles. The van der Waals surface area contributed by atoms with Gasteiger partial charge in [-0.2, -0.15) is 0 Å². The number of carbonyl (C=O) groups is 1. The van der Waals surface area contributed by atoms with Crippen LogP contribution in [0, 0.1) is 11.8 Å². The molecule has 3 N–H and O–H groups in total. The summed E-state index contributed by atoms with van der Waals surface area (Å²) in [7, 11) is 0. The number of aliphatic hydroxyl groups is 1. The number of carbonyl (C=O) groups excluding carboxylic acids is 1. The van der Waals surface area contributed by atoms with Crippen molar-refractivity contribution in [3.8, 4) is 0 Å². The lowest BCUT2D eigenvalue weighted by molar-refractivity contribution is 0.0911. The molecule has 0 saturated heterocycles. The smallest absolute Gasteiger partial charge is 0.251 e. The summed E-state index contributed by atoms with van der Waals surface area (Å²) in [5, 5.41) is 13.4. The molecule has 1 fully saturated rings. The second kappa shape index (κ2) is 6.31. The Kier molecular flexibility index (Phi) is 4.25. The summed E-state index contributed by atoms with van der Waals surface area (Å²) in [5.41, 5.74) is 1.69. The minimum absolute atomic E-state index is 0.0255. The quantitative estimate of drug-likeness (QED) is 0.809. The van der Waals surface area contributed by atoms with Crippen molar-refractivity contribution < 1.29 is 9.90 Å². The third-order valence-electron chi connectivity index (χ3n) is 4.67. The van der Waals surface area contributed by atoms with Crippen molar-refractivity contribution >= 4 is 16.8 Å². The lowest BCUT2D eigenvalue weighted by Gasteiger charge is -2.30. The van der Waals surface area contributed by atoms with Gasteiger partial charge in [0.2, 0.25) is 0 Å². The van der Waals surface area contributed by atoms with E-state index < -0.39 is 0 Å². The maximum atomic E-state index is 12.4. The molecule has 1 aliphatic carbocycles. The monoisotopic (exact) mass is 286 g/mol. The molecule has 0 radical (unpaired) electrons. The van der Waals surface area contributed by atoms with Gasteiger partial charge >= 0.3 is 0 Å². The van der Waals surface area contributed by atoms with Crippen molar-refractivity contribution in [2.24, 2.45) is 11.8 Å². The topological polar surface area (TPSA) is 65.1 Å². The summed E-state index contributed by atoms with van der Waals surface area (Å²) in [4.78, 5) is 15.5. The molecule has 1 amide bonds. The molecule has 2 atom stereocenters. The van der Waals surface area contributed by atoms with E-state index in [1.165, 1.54) is 12.8 Å². The van der Waals surface area contributed by atoms with Gasteiger partial charge in [0.05, 0.1) is 0 Å². The Morgan fingerprint density at radius 1 is 1.24 bits per heavy atom. The Hall–Kier alpha value is -1.81. The molecule has 21 heavy (non-hydrogen) atoms. The van der Waals surface area contributed by atoms with Crippen molar-refractivity contribution in [2.75, 3.05) is 13.2 Å². The second-order valence-corrected chi connectivity index (χ2v) is 5.94. The van der Waals surface area contributed by atoms with Gasteiger partial charge in [-0.05, 0) is 42.9 Å². The van der Waals surface area contributed by atoms with Crippen LogP contribution < -0.4 is 5.32 Å². The number of benzene rings is 1. The molecule has 112 valence electrons. The van der Waals surface area contributed by atoms with Gasteiger partial charge in [0, 0.05) is 35.8 Å². The van der Waals surface area contributed by atoms with E-state index in [1.807, 2.05) is 30.5 Å². The van der Waals surface area contributed by atoms with Gasteiger partial charge in [0.15, 0.2) is 0 Å². The minimum Gasteiger partial charge on any atom is -0.396 e. The van der Waals surface area contributed by atoms with Crippen LogP contribution >= 0.6 is 0 Å². The summed E-state index contributed by atoms with van der Waals surface area (Å²) in [6, 6.07) is 7.65. The Morgan fingerprint density at radius 3 is 2.86 bits per heavy atom. The van der Waals surface area contributed by atoms with Crippen molar-refractivity contribution in [1.82, 2.24) is 10.3 Å². The van der Waals surface area contributed by atoms with E-state index in [4.69, 9.17) is 0 Å². The number of fused-ring (bicyclic) bond motifs is 1. The van der Waals surface area contributed by atoms with Crippen LogP contribution in [0.4, 0.5) is 0 Å². The highest BCUT2D eigenvalue weighted by atomic mass is 16.3. The van der Waals surface area contributed by atoms with E-state index in [-0.39, 0.29) is 12.5 Å². The Bertz CT molecular complexity index is 620. The molecule has 1 aromatic carbocycles. The molecule has 1 saturated carbocycles. The van der Waals surface area contributed by atoms with Gasteiger partial charge in [0.1, 0.15) is 0 Å². The zero-order chi connectivity index (χ0) is 14.7. The third kappa shape index (κ3) is 2.95. The van der Waals surface area contributed by atoms with Crippen LogP contribution in [0.5, 0.6) is 0 Å². The molecule has 4 heteroatoms. The van der Waals surface area contributed by atoms with Gasteiger partial charge in [-0.1, -0.05) is 18.9 Å². The van der Waals surface area contributed by atoms with Crippen LogP contribution in [0.1, 0.15) is 36.0 Å². The molecule has 1 aliphatic rings. The Labute approximate surface area is 124 Å². The van der Waals surface area contributed by atoms with E-state index in [9.17, 15) is 9.90 Å². The molecule has 4 nitrogen and oxygen atoms in total. The van der Waals surface area contributed by atoms with Crippen LogP contribution in [-0.4, -0.2) is 29.1 Å². The maximum absolute atomic E-state index is 12.4. The zero-order valence-electron chi connectivity index (χ0n) is 12.1. The number of hydrogen-bond acceptors (Lipinski definition) is 2. The van der Waals surface area contributed by atoms with E-state index in [0.717, 1.165) is 23.7 Å². The van der Waals surface area contributed by atoms with Crippen LogP contribution in [0.15, 0.2) is 30.5 Å². The van der Waals surface area contributed by atoms with Gasteiger partial charge in [0.25, 0.3) is 5.91 Å². The van der Waals surface area contributed by atoms with Crippen molar-refractivity contribution in [1.29, 1.82) is 0 Å². The molecule has 2 aromatic rings. The van der Waals surface area contributed by atoms with Crippen LogP contribution in [-0.2, 0) is 0 Å². The second-order valence-electron chi connectivity index (χ2n) is 5.94. The van der Waals surface area contributed by atoms with Gasteiger partial charge in [-0.3, -0.25) is 4.79 Å². The molecular weight excluding hydrogens is 264 g/mol. The lowest BCUT2D eigenvalue weighted by Crippen LogP contribution is -2.35. The number of aliphatic hydroxyl groups excluding tert-OH is 1. The molecular formula is C17H22N2O2. The maximum Gasteiger partial charge on any atom is 0.251 e. The molecule has 3 rings (SSSR count). The highest BCUT2D eigenvalue weighted by Crippen LogP contribution is 2.29. The van der Waals surface area contributed by atoms with Crippen molar-refractivity contribution in [2.45, 2.75) is 25.7 Å². The van der Waals surface area contributed by atoms with Crippen LogP contribution in [0.25, 0.3) is 10.9 Å². The van der Waals surface area contributed by atoms with Crippen LogP contribution in [0.2, 0.25) is 0 Å². The van der Waals surface area contributed by atoms with E-state index in [0.29, 0.717) is 23.9 Å². The van der Waals surface area contributed by atoms with Crippen LogP contribution in [0.3, 0.4) is 0 Å². The Morgan fingerprint density at radius 2 is 2.05 bits per heavy atom. The number of aromatic nitrogens is 1. The highest BCUT2D eigenvalue weighted by Gasteiger charge is 2.25. The molecule has 1 heterocycles. The molecule has 0 bridgehead atoms. The van der Waals surface area contributed by atoms with Gasteiger partial charge < -0.3 is 15.4 Å². The first-order valence-electron chi connectivity index (χ1n) is 7.74. The lowest BCUT2D eigenvalue weighted by atomic mass is 9.79. The predicted octanol–water partition coefficient (Wildman–Crippen LogP) is 2.70. The number of H-pyrrole nitrogens is 1. The number of hydrogen-bond donors (Lipinski definition) is 3. The number of aromatic amines is 1. The van der Waals surface area contributed by atoms with Gasteiger partial charge in [-0.15, -0.1) is 0 Å². The minimum atomic E-state index is -0.0255. The SMILES string of the molecule is O=C(NCC1CCCCC1CO)c1cccc2[nH]ccc12. The summed E-state index contributed by atoms with van der Waals surface area (Å²) >= 11 is 0. The summed E-state index contributed by atoms with van der Waals surface area (Å²) in [6.07, 6.45) is 6.41. The predicted molar refractivity (Wildman–Crippen MR) is 83.2 cm³/mol. The van der Waals surface area contributed by atoms with Gasteiger partial charge in [-0.25, -0.2) is 0 Å². The third-order valence-corrected chi connectivity index (χ3v) is 4.67. The fourth-order valence-electron chi connectivity index (χ4n) is 3.40. The average molecular weight is 286 g/mol. The van der Waals surface area contributed by atoms with E-state index in [2.05, 4.69) is 10.3 Å². The number of nitrogens with one attached hydrogen (secondary N) is 2. The first-order chi connectivity index (χ1) is 10.3. The zero-order valence-corrected chi connectivity index (χ0v) is 12.1. The number of rotatable bonds is 4. The summed E-state index contributed by atoms with van der Waals surface area (Å²) in [5.74, 6) is 0.711. The standard InChI is InChI=1S/C17H22N2O2/c20-11-13-5-2-1-4-12(13)10-19-17(21)15-6-3-7-16-14(15)8-9-18-16/h3,6-9,12-13,18,20H,1-2,4-5,10-11H2,(H,19,21). The summed E-state index contributed by atoms with van der Waals surface area (Å²) in [6.45, 7) is 0.888. The largest absolute Gasteiger partial charge is 0.396 e. The van der Waals surface area contributed by atoms with E-state index >= 15 is 0 Å². The Balaban J connectivity index is 1.67. The fraction of sp³-hybridized carbons (Fsp3) is 0.471. The average Bonchev–Trinajstić information content (AvgIpc) is 3.01. The first-order valence-corrected chi connectivity index (χ1v) is 7.74. The highest BCUT2D eigenvalue weighted by molar-refractivity contribution is 6.06. The fourth-order valence-corrected chi connectivity index (χ4v) is 3.40. The first kappa shape index (κ1) is 14.1. The van der Waals surface area contributed by atoms with E-state index in [1.54, 1.807) is 0 Å². The summed E-state index contributed by atoms with van der Waals surface area (Å²) < 4.78 is 0. The molecule has 0 spiro atoms. The number of amides is 1. The van der Waals surface area contributed by atoms with Crippen molar-refractivity contribution in [3.63, 3.8) is 0 Å². The van der Waals surface area contributed by atoms with Crippen molar-refractivity contribution in [3.05, 3.63) is 36.0 Å². The molecule has 1 aromatic heterocycles. The molecule has 2 unspecified atom stereocenters.